The third-order valence-electron chi connectivity index (χ3n) is 3.20. The van der Waals surface area contributed by atoms with Gasteiger partial charge in [0.15, 0.2) is 0 Å². The van der Waals surface area contributed by atoms with Crippen molar-refractivity contribution in [3.63, 3.8) is 0 Å². The molecule has 0 spiro atoms. The van der Waals surface area contributed by atoms with Gasteiger partial charge < -0.3 is 5.11 Å². The molecule has 2 aromatic carbocycles. The lowest BCUT2D eigenvalue weighted by Crippen LogP contribution is -2.03. The number of aromatic nitrogens is 1. The minimum absolute atomic E-state index is 0.309. The maximum Gasteiger partial charge on any atom is 0.339 e. The first-order chi connectivity index (χ1) is 9.68. The molecule has 3 nitrogen and oxygen atoms in total. The van der Waals surface area contributed by atoms with Gasteiger partial charge in [-0.1, -0.05) is 30.3 Å². The minimum Gasteiger partial charge on any atom is -0.478 e. The van der Waals surface area contributed by atoms with Crippen LogP contribution in [0.1, 0.15) is 10.4 Å². The average Bonchev–Trinajstić information content (AvgIpc) is 2.46. The van der Waals surface area contributed by atoms with Crippen LogP contribution in [0.2, 0.25) is 0 Å². The van der Waals surface area contributed by atoms with Crippen LogP contribution in [0.4, 0.5) is 4.39 Å². The fraction of sp³-hybridized carbons (Fsp3) is 0. The van der Waals surface area contributed by atoms with Gasteiger partial charge in [-0.05, 0) is 28.6 Å². The number of carbonyl (C=O) groups is 1. The molecule has 3 rings (SSSR count). The number of rotatable bonds is 2. The van der Waals surface area contributed by atoms with E-state index < -0.39 is 11.8 Å². The lowest BCUT2D eigenvalue weighted by molar-refractivity contribution is 0.0693. The molecule has 0 atom stereocenters. The Labute approximate surface area is 114 Å². The summed E-state index contributed by atoms with van der Waals surface area (Å²) in [6.07, 6.45) is 3.32. The first-order valence-corrected chi connectivity index (χ1v) is 6.03. The van der Waals surface area contributed by atoms with Gasteiger partial charge in [-0.2, -0.15) is 0 Å². The molecule has 0 aliphatic rings. The highest BCUT2D eigenvalue weighted by Crippen LogP contribution is 2.31. The number of halogens is 1. The largest absolute Gasteiger partial charge is 0.478 e. The summed E-state index contributed by atoms with van der Waals surface area (Å²) in [6.45, 7) is 0. The van der Waals surface area contributed by atoms with Gasteiger partial charge >= 0.3 is 5.97 Å². The van der Waals surface area contributed by atoms with Crippen LogP contribution in [0.15, 0.2) is 54.9 Å². The summed E-state index contributed by atoms with van der Waals surface area (Å²) in [7, 11) is 0. The van der Waals surface area contributed by atoms with Crippen LogP contribution in [0.3, 0.4) is 0 Å². The standard InChI is InChI=1S/C16H10FNO2/c17-14-6-2-5-13(15(14)16(19)20)12-4-1-3-10-9-18-8-7-11(10)12/h1-9H,(H,19,20). The second-order valence-electron chi connectivity index (χ2n) is 4.37. The zero-order valence-electron chi connectivity index (χ0n) is 10.4. The minimum atomic E-state index is -1.27. The number of benzene rings is 2. The van der Waals surface area contributed by atoms with Gasteiger partial charge in [-0.25, -0.2) is 9.18 Å². The third-order valence-corrected chi connectivity index (χ3v) is 3.20. The number of aromatic carboxylic acids is 1. The third kappa shape index (κ3) is 1.91. The molecular formula is C16H10FNO2. The lowest BCUT2D eigenvalue weighted by atomic mass is 9.95. The van der Waals surface area contributed by atoms with E-state index in [1.165, 1.54) is 6.07 Å². The highest BCUT2D eigenvalue weighted by molar-refractivity contribution is 6.03. The molecule has 0 amide bonds. The van der Waals surface area contributed by atoms with Crippen molar-refractivity contribution in [2.75, 3.05) is 0 Å². The quantitative estimate of drug-likeness (QED) is 0.769. The Balaban J connectivity index is 2.37. The first kappa shape index (κ1) is 12.3. The summed E-state index contributed by atoms with van der Waals surface area (Å²) in [5.41, 5.74) is 0.743. The van der Waals surface area contributed by atoms with Crippen molar-refractivity contribution < 1.29 is 14.3 Å². The van der Waals surface area contributed by atoms with Crippen LogP contribution in [-0.4, -0.2) is 16.1 Å². The van der Waals surface area contributed by atoms with Crippen molar-refractivity contribution in [2.45, 2.75) is 0 Å². The number of hydrogen-bond acceptors (Lipinski definition) is 2. The predicted molar refractivity (Wildman–Crippen MR) is 74.1 cm³/mol. The highest BCUT2D eigenvalue weighted by Gasteiger charge is 2.17. The van der Waals surface area contributed by atoms with Gasteiger partial charge in [-0.3, -0.25) is 4.98 Å². The molecule has 0 aliphatic carbocycles. The summed E-state index contributed by atoms with van der Waals surface area (Å²) in [5, 5.41) is 11.0. The van der Waals surface area contributed by atoms with Gasteiger partial charge in [0.1, 0.15) is 11.4 Å². The maximum absolute atomic E-state index is 13.8. The van der Waals surface area contributed by atoms with E-state index in [-0.39, 0.29) is 5.56 Å². The molecule has 0 fully saturated rings. The number of fused-ring (bicyclic) bond motifs is 1. The van der Waals surface area contributed by atoms with Crippen LogP contribution in [0.25, 0.3) is 21.9 Å². The molecule has 0 saturated heterocycles. The van der Waals surface area contributed by atoms with Gasteiger partial charge in [0.25, 0.3) is 0 Å². The van der Waals surface area contributed by atoms with Gasteiger partial charge in [0.05, 0.1) is 0 Å². The first-order valence-electron chi connectivity index (χ1n) is 6.03. The molecular weight excluding hydrogens is 257 g/mol. The van der Waals surface area contributed by atoms with Crippen LogP contribution < -0.4 is 0 Å². The van der Waals surface area contributed by atoms with Gasteiger partial charge in [-0.15, -0.1) is 0 Å². The molecule has 0 unspecified atom stereocenters. The zero-order chi connectivity index (χ0) is 14.1. The lowest BCUT2D eigenvalue weighted by Gasteiger charge is -2.10. The summed E-state index contributed by atoms with van der Waals surface area (Å²) in [5.74, 6) is -2.01. The van der Waals surface area contributed by atoms with Crippen LogP contribution >= 0.6 is 0 Å². The number of nitrogens with zero attached hydrogens (tertiary/aromatic N) is 1. The molecule has 0 saturated carbocycles. The number of pyridine rings is 1. The number of carboxylic acids is 1. The second kappa shape index (κ2) is 4.74. The molecule has 98 valence electrons. The zero-order valence-corrected chi connectivity index (χ0v) is 10.4. The topological polar surface area (TPSA) is 50.2 Å². The fourth-order valence-electron chi connectivity index (χ4n) is 2.32. The van der Waals surface area contributed by atoms with E-state index in [9.17, 15) is 14.3 Å². The Morgan fingerprint density at radius 3 is 2.60 bits per heavy atom. The fourth-order valence-corrected chi connectivity index (χ4v) is 2.32. The molecule has 1 N–H and O–H groups in total. The summed E-state index contributed by atoms with van der Waals surface area (Å²) >= 11 is 0. The second-order valence-corrected chi connectivity index (χ2v) is 4.37. The molecule has 1 heterocycles. The van der Waals surface area contributed by atoms with E-state index in [0.29, 0.717) is 11.1 Å². The van der Waals surface area contributed by atoms with E-state index in [2.05, 4.69) is 4.98 Å². The van der Waals surface area contributed by atoms with E-state index in [1.54, 1.807) is 36.7 Å². The van der Waals surface area contributed by atoms with Crippen LogP contribution in [-0.2, 0) is 0 Å². The van der Waals surface area contributed by atoms with Gasteiger partial charge in [0.2, 0.25) is 0 Å². The Morgan fingerprint density at radius 2 is 1.80 bits per heavy atom. The molecule has 0 radical (unpaired) electrons. The Hall–Kier alpha value is -2.75. The molecule has 3 aromatic rings. The smallest absolute Gasteiger partial charge is 0.339 e. The maximum atomic E-state index is 13.8. The van der Waals surface area contributed by atoms with Crippen LogP contribution in [0.5, 0.6) is 0 Å². The van der Waals surface area contributed by atoms with Gasteiger partial charge in [0, 0.05) is 17.8 Å². The van der Waals surface area contributed by atoms with E-state index in [0.717, 1.165) is 16.8 Å². The number of hydrogen-bond donors (Lipinski definition) is 1. The van der Waals surface area contributed by atoms with E-state index in [4.69, 9.17) is 0 Å². The van der Waals surface area contributed by atoms with Crippen molar-refractivity contribution in [1.82, 2.24) is 4.98 Å². The Morgan fingerprint density at radius 1 is 1.05 bits per heavy atom. The van der Waals surface area contributed by atoms with E-state index in [1.807, 2.05) is 6.07 Å². The average molecular weight is 267 g/mol. The van der Waals surface area contributed by atoms with Crippen molar-refractivity contribution in [1.29, 1.82) is 0 Å². The Kier molecular flexibility index (Phi) is 2.91. The molecule has 20 heavy (non-hydrogen) atoms. The molecule has 0 bridgehead atoms. The number of carboxylic acid groups (broad SMARTS) is 1. The molecule has 1 aromatic heterocycles. The van der Waals surface area contributed by atoms with Crippen molar-refractivity contribution >= 4 is 16.7 Å². The van der Waals surface area contributed by atoms with Crippen molar-refractivity contribution in [3.8, 4) is 11.1 Å². The monoisotopic (exact) mass is 267 g/mol. The van der Waals surface area contributed by atoms with Crippen LogP contribution in [0, 0.1) is 5.82 Å². The SMILES string of the molecule is O=C(O)c1c(F)cccc1-c1cccc2cnccc12. The highest BCUT2D eigenvalue weighted by atomic mass is 19.1. The molecule has 4 heteroatoms. The molecule has 0 aliphatic heterocycles. The summed E-state index contributed by atoms with van der Waals surface area (Å²) in [6, 6.07) is 11.5. The van der Waals surface area contributed by atoms with Crippen molar-refractivity contribution in [2.24, 2.45) is 0 Å². The Bertz CT molecular complexity index is 809. The predicted octanol–water partition coefficient (Wildman–Crippen LogP) is 3.74. The van der Waals surface area contributed by atoms with Crippen molar-refractivity contribution in [3.05, 3.63) is 66.2 Å². The summed E-state index contributed by atoms with van der Waals surface area (Å²) in [4.78, 5) is 15.3. The normalized spacial score (nSPS) is 10.7. The van der Waals surface area contributed by atoms with E-state index >= 15 is 0 Å². The summed E-state index contributed by atoms with van der Waals surface area (Å²) < 4.78 is 13.8.